The second-order valence-electron chi connectivity index (χ2n) is 7.44. The van der Waals surface area contributed by atoms with Crippen LogP contribution in [0.3, 0.4) is 0 Å². The average Bonchev–Trinajstić information content (AvgIpc) is 3.26. The van der Waals surface area contributed by atoms with Crippen molar-refractivity contribution in [2.24, 2.45) is 0 Å². The third-order valence-corrected chi connectivity index (χ3v) is 5.32. The molecule has 2 unspecified atom stereocenters. The van der Waals surface area contributed by atoms with Gasteiger partial charge in [-0.15, -0.1) is 0 Å². The molecule has 1 aliphatic rings. The lowest BCUT2D eigenvalue weighted by atomic mass is 10.1. The summed E-state index contributed by atoms with van der Waals surface area (Å²) in [6, 6.07) is 13.0. The lowest BCUT2D eigenvalue weighted by molar-refractivity contribution is 0.0313. The van der Waals surface area contributed by atoms with E-state index in [2.05, 4.69) is 4.90 Å². The van der Waals surface area contributed by atoms with Crippen molar-refractivity contribution in [3.8, 4) is 17.2 Å². The van der Waals surface area contributed by atoms with E-state index in [0.29, 0.717) is 35.4 Å². The van der Waals surface area contributed by atoms with Crippen LogP contribution in [0.15, 0.2) is 42.5 Å². The molecule has 1 heterocycles. The van der Waals surface area contributed by atoms with E-state index in [-0.39, 0.29) is 12.7 Å². The van der Waals surface area contributed by atoms with E-state index < -0.39 is 6.10 Å². The van der Waals surface area contributed by atoms with Gasteiger partial charge in [-0.05, 0) is 54.8 Å². The van der Waals surface area contributed by atoms with E-state index in [4.69, 9.17) is 30.5 Å². The van der Waals surface area contributed by atoms with Crippen molar-refractivity contribution < 1.29 is 24.1 Å². The van der Waals surface area contributed by atoms with Crippen molar-refractivity contribution in [1.82, 2.24) is 4.90 Å². The Morgan fingerprint density at radius 2 is 1.90 bits per heavy atom. The van der Waals surface area contributed by atoms with Gasteiger partial charge in [0.25, 0.3) is 0 Å². The van der Waals surface area contributed by atoms with Gasteiger partial charge in [-0.3, -0.25) is 4.90 Å². The van der Waals surface area contributed by atoms with Gasteiger partial charge in [0.2, 0.25) is 0 Å². The van der Waals surface area contributed by atoms with Crippen molar-refractivity contribution in [2.45, 2.75) is 31.6 Å². The Kier molecular flexibility index (Phi) is 8.63. The van der Waals surface area contributed by atoms with Crippen LogP contribution in [0, 0.1) is 0 Å². The fourth-order valence-electron chi connectivity index (χ4n) is 3.59. The molecule has 2 aromatic rings. The third-order valence-electron chi connectivity index (χ3n) is 5.06. The minimum Gasteiger partial charge on any atom is -0.493 e. The van der Waals surface area contributed by atoms with Gasteiger partial charge in [0.05, 0.1) is 20.3 Å². The highest BCUT2D eigenvalue weighted by Crippen LogP contribution is 2.28. The molecule has 3 rings (SSSR count). The van der Waals surface area contributed by atoms with Gasteiger partial charge < -0.3 is 24.1 Å². The van der Waals surface area contributed by atoms with Crippen LogP contribution < -0.4 is 14.2 Å². The van der Waals surface area contributed by atoms with Crippen LogP contribution in [0.1, 0.15) is 18.4 Å². The van der Waals surface area contributed by atoms with Crippen molar-refractivity contribution in [3.63, 3.8) is 0 Å². The van der Waals surface area contributed by atoms with E-state index in [1.54, 1.807) is 38.5 Å². The first-order valence-corrected chi connectivity index (χ1v) is 10.6. The summed E-state index contributed by atoms with van der Waals surface area (Å²) in [5, 5.41) is 11.2. The lowest BCUT2D eigenvalue weighted by Crippen LogP contribution is -2.39. The molecule has 1 saturated heterocycles. The molecule has 2 aromatic carbocycles. The van der Waals surface area contributed by atoms with Crippen LogP contribution in [0.25, 0.3) is 0 Å². The van der Waals surface area contributed by atoms with Gasteiger partial charge in [0.1, 0.15) is 18.5 Å². The number of rotatable bonds is 11. The molecule has 0 amide bonds. The Labute approximate surface area is 183 Å². The Hall–Kier alpha value is -1.99. The molecular weight excluding hydrogens is 406 g/mol. The molecule has 164 valence electrons. The predicted octanol–water partition coefficient (Wildman–Crippen LogP) is 3.78. The molecular formula is C23H30ClNO5. The lowest BCUT2D eigenvalue weighted by Gasteiger charge is -2.27. The number of nitrogens with zero attached hydrogens (tertiary/aromatic N) is 1. The summed E-state index contributed by atoms with van der Waals surface area (Å²) >= 11 is 5.90. The molecule has 1 N–H and O–H groups in total. The molecule has 0 aromatic heterocycles. The molecule has 1 aliphatic heterocycles. The van der Waals surface area contributed by atoms with Gasteiger partial charge in [-0.2, -0.15) is 0 Å². The van der Waals surface area contributed by atoms with Gasteiger partial charge >= 0.3 is 0 Å². The molecule has 7 heteroatoms. The highest BCUT2D eigenvalue weighted by atomic mass is 35.5. The maximum Gasteiger partial charge on any atom is 0.161 e. The number of ether oxygens (including phenoxy) is 4. The van der Waals surface area contributed by atoms with Crippen molar-refractivity contribution in [3.05, 3.63) is 53.1 Å². The van der Waals surface area contributed by atoms with Crippen molar-refractivity contribution >= 4 is 11.6 Å². The summed E-state index contributed by atoms with van der Waals surface area (Å²) in [5.74, 6) is 2.08. The van der Waals surface area contributed by atoms with Crippen LogP contribution in [-0.2, 0) is 11.3 Å². The number of hydrogen-bond acceptors (Lipinski definition) is 6. The molecule has 0 aliphatic carbocycles. The number of aliphatic hydroxyl groups is 1. The Bertz CT molecular complexity index is 780. The normalized spacial score (nSPS) is 17.2. The first kappa shape index (κ1) is 22.7. The topological polar surface area (TPSA) is 60.4 Å². The molecule has 2 atom stereocenters. The zero-order valence-corrected chi connectivity index (χ0v) is 18.3. The SMILES string of the molecule is COc1ccc(CN(CC(O)COc2ccc(Cl)cc2)CC2CCCO2)cc1OC. The highest BCUT2D eigenvalue weighted by molar-refractivity contribution is 6.30. The van der Waals surface area contributed by atoms with Crippen LogP contribution in [0.4, 0.5) is 0 Å². The highest BCUT2D eigenvalue weighted by Gasteiger charge is 2.22. The van der Waals surface area contributed by atoms with Gasteiger partial charge in [-0.25, -0.2) is 0 Å². The first-order valence-electron chi connectivity index (χ1n) is 10.2. The summed E-state index contributed by atoms with van der Waals surface area (Å²) in [7, 11) is 3.25. The smallest absolute Gasteiger partial charge is 0.161 e. The minimum absolute atomic E-state index is 0.189. The van der Waals surface area contributed by atoms with Crippen LogP contribution in [0.2, 0.25) is 5.02 Å². The standard InChI is InChI=1S/C23H30ClNO5/c1-27-22-10-5-17(12-23(22)28-2)13-25(15-21-4-3-11-29-21)14-19(26)16-30-20-8-6-18(24)7-9-20/h5-10,12,19,21,26H,3-4,11,13-16H2,1-2H3. The molecule has 1 fully saturated rings. The number of hydrogen-bond donors (Lipinski definition) is 1. The maximum absolute atomic E-state index is 10.6. The third kappa shape index (κ3) is 6.77. The van der Waals surface area contributed by atoms with E-state index >= 15 is 0 Å². The molecule has 0 spiro atoms. The van der Waals surface area contributed by atoms with Crippen LogP contribution in [-0.4, -0.2) is 62.7 Å². The van der Waals surface area contributed by atoms with Crippen LogP contribution in [0.5, 0.6) is 17.2 Å². The number of benzene rings is 2. The summed E-state index contributed by atoms with van der Waals surface area (Å²) in [6.45, 7) is 2.90. The predicted molar refractivity (Wildman–Crippen MR) is 117 cm³/mol. The second-order valence-corrected chi connectivity index (χ2v) is 7.87. The van der Waals surface area contributed by atoms with Crippen molar-refractivity contribution in [2.75, 3.05) is 40.5 Å². The summed E-state index contributed by atoms with van der Waals surface area (Å²) in [5.41, 5.74) is 1.08. The monoisotopic (exact) mass is 435 g/mol. The molecule has 30 heavy (non-hydrogen) atoms. The number of halogens is 1. The minimum atomic E-state index is -0.637. The second kappa shape index (κ2) is 11.4. The van der Waals surface area contributed by atoms with Gasteiger partial charge in [0.15, 0.2) is 11.5 Å². The van der Waals surface area contributed by atoms with Gasteiger partial charge in [0, 0.05) is 31.3 Å². The largest absolute Gasteiger partial charge is 0.493 e. The van der Waals surface area contributed by atoms with E-state index in [1.165, 1.54) is 0 Å². The molecule has 6 nitrogen and oxygen atoms in total. The Morgan fingerprint density at radius 3 is 2.57 bits per heavy atom. The zero-order chi connectivity index (χ0) is 21.3. The van der Waals surface area contributed by atoms with E-state index in [0.717, 1.165) is 31.6 Å². The average molecular weight is 436 g/mol. The van der Waals surface area contributed by atoms with Crippen LogP contribution >= 0.6 is 11.6 Å². The fourth-order valence-corrected chi connectivity index (χ4v) is 3.72. The summed E-state index contributed by atoms with van der Waals surface area (Å²) in [6.07, 6.45) is 1.67. The molecule has 0 saturated carbocycles. The number of methoxy groups -OCH3 is 2. The van der Waals surface area contributed by atoms with Gasteiger partial charge in [-0.1, -0.05) is 17.7 Å². The molecule has 0 bridgehead atoms. The number of aliphatic hydroxyl groups excluding tert-OH is 1. The maximum atomic E-state index is 10.6. The Morgan fingerprint density at radius 1 is 1.13 bits per heavy atom. The quantitative estimate of drug-likeness (QED) is 0.579. The molecule has 0 radical (unpaired) electrons. The summed E-state index contributed by atoms with van der Waals surface area (Å²) in [4.78, 5) is 2.20. The summed E-state index contributed by atoms with van der Waals surface area (Å²) < 4.78 is 22.3. The van der Waals surface area contributed by atoms with E-state index in [9.17, 15) is 5.11 Å². The zero-order valence-electron chi connectivity index (χ0n) is 17.6. The van der Waals surface area contributed by atoms with Crippen molar-refractivity contribution in [1.29, 1.82) is 0 Å². The Balaban J connectivity index is 1.61. The first-order chi connectivity index (χ1) is 14.6. The fraction of sp³-hybridized carbons (Fsp3) is 0.478. The van der Waals surface area contributed by atoms with E-state index in [1.807, 2.05) is 18.2 Å².